The third-order valence-electron chi connectivity index (χ3n) is 2.59. The zero-order valence-electron chi connectivity index (χ0n) is 10.1. The molecule has 2 rings (SSSR count). The van der Waals surface area contributed by atoms with Crippen molar-refractivity contribution in [1.29, 1.82) is 0 Å². The predicted molar refractivity (Wildman–Crippen MR) is 75.8 cm³/mol. The molecule has 0 atom stereocenters. The van der Waals surface area contributed by atoms with Crippen molar-refractivity contribution in [3.63, 3.8) is 0 Å². The number of nitrogens with two attached hydrogens (primary N) is 2. The van der Waals surface area contributed by atoms with Crippen LogP contribution in [0.4, 0.5) is 11.4 Å². The van der Waals surface area contributed by atoms with E-state index in [2.05, 4.69) is 24.4 Å². The molecule has 1 amide bonds. The van der Waals surface area contributed by atoms with Gasteiger partial charge in [-0.15, -0.1) is 11.3 Å². The van der Waals surface area contributed by atoms with Crippen LogP contribution in [-0.4, -0.2) is 5.91 Å². The van der Waals surface area contributed by atoms with Crippen LogP contribution in [-0.2, 0) is 6.54 Å². The normalized spacial score (nSPS) is 10.3. The van der Waals surface area contributed by atoms with E-state index >= 15 is 0 Å². The van der Waals surface area contributed by atoms with E-state index in [9.17, 15) is 4.79 Å². The van der Waals surface area contributed by atoms with Crippen molar-refractivity contribution in [2.75, 3.05) is 11.1 Å². The van der Waals surface area contributed by atoms with E-state index in [1.807, 2.05) is 0 Å². The van der Waals surface area contributed by atoms with Gasteiger partial charge >= 0.3 is 0 Å². The summed E-state index contributed by atoms with van der Waals surface area (Å²) < 4.78 is 0. The molecule has 1 aromatic carbocycles. The summed E-state index contributed by atoms with van der Waals surface area (Å²) in [6.07, 6.45) is 0. The number of hydrogen-bond acceptors (Lipinski definition) is 4. The van der Waals surface area contributed by atoms with Crippen LogP contribution in [0, 0.1) is 6.92 Å². The van der Waals surface area contributed by atoms with Crippen LogP contribution in [0.25, 0.3) is 0 Å². The summed E-state index contributed by atoms with van der Waals surface area (Å²) in [6, 6.07) is 9.20. The Balaban J connectivity index is 2.08. The number of carbonyl (C=O) groups excluding carboxylic acids is 1. The Hall–Kier alpha value is -2.01. The second kappa shape index (κ2) is 5.10. The molecule has 1 aromatic heterocycles. The lowest BCUT2D eigenvalue weighted by Crippen LogP contribution is -2.11. The number of rotatable bonds is 4. The van der Waals surface area contributed by atoms with Gasteiger partial charge in [-0.05, 0) is 37.3 Å². The fourth-order valence-corrected chi connectivity index (χ4v) is 2.47. The van der Waals surface area contributed by atoms with Gasteiger partial charge in [-0.1, -0.05) is 0 Å². The number of thiophene rings is 1. The first-order valence-corrected chi connectivity index (χ1v) is 6.36. The zero-order valence-corrected chi connectivity index (χ0v) is 10.9. The van der Waals surface area contributed by atoms with Crippen LogP contribution in [0.1, 0.15) is 20.1 Å². The van der Waals surface area contributed by atoms with E-state index in [1.54, 1.807) is 29.5 Å². The van der Waals surface area contributed by atoms with E-state index < -0.39 is 5.91 Å². The highest BCUT2D eigenvalue weighted by molar-refractivity contribution is 7.11. The summed E-state index contributed by atoms with van der Waals surface area (Å²) in [6.45, 7) is 2.79. The van der Waals surface area contributed by atoms with Crippen LogP contribution < -0.4 is 16.8 Å². The molecular weight excluding hydrogens is 246 g/mol. The minimum absolute atomic E-state index is 0.421. The minimum atomic E-state index is -0.470. The summed E-state index contributed by atoms with van der Waals surface area (Å²) >= 11 is 1.74. The molecule has 4 nitrogen and oxygen atoms in total. The number of nitrogen functional groups attached to an aromatic ring is 1. The van der Waals surface area contributed by atoms with Gasteiger partial charge in [-0.3, -0.25) is 4.79 Å². The van der Waals surface area contributed by atoms with Crippen molar-refractivity contribution in [3.05, 3.63) is 45.6 Å². The minimum Gasteiger partial charge on any atom is -0.397 e. The van der Waals surface area contributed by atoms with E-state index in [0.29, 0.717) is 11.3 Å². The first kappa shape index (κ1) is 12.4. The van der Waals surface area contributed by atoms with Crippen molar-refractivity contribution in [1.82, 2.24) is 0 Å². The Morgan fingerprint density at radius 1 is 1.33 bits per heavy atom. The quantitative estimate of drug-likeness (QED) is 0.739. The third-order valence-corrected chi connectivity index (χ3v) is 3.59. The Bertz CT molecular complexity index is 577. The topological polar surface area (TPSA) is 81.1 Å². The largest absolute Gasteiger partial charge is 0.397 e. The van der Waals surface area contributed by atoms with Crippen LogP contribution in [0.5, 0.6) is 0 Å². The summed E-state index contributed by atoms with van der Waals surface area (Å²) in [7, 11) is 0. The average Bonchev–Trinajstić information content (AvgIpc) is 2.73. The van der Waals surface area contributed by atoms with Crippen LogP contribution >= 0.6 is 11.3 Å². The first-order chi connectivity index (χ1) is 8.56. The average molecular weight is 261 g/mol. The summed E-state index contributed by atoms with van der Waals surface area (Å²) in [5, 5.41) is 3.24. The molecule has 0 spiro atoms. The smallest absolute Gasteiger partial charge is 0.248 e. The van der Waals surface area contributed by atoms with Gasteiger partial charge in [-0.25, -0.2) is 0 Å². The molecule has 0 aliphatic heterocycles. The Kier molecular flexibility index (Phi) is 3.53. The number of primary amides is 1. The molecule has 0 saturated heterocycles. The number of nitrogens with one attached hydrogen (secondary N) is 1. The maximum Gasteiger partial charge on any atom is 0.248 e. The highest BCUT2D eigenvalue weighted by Crippen LogP contribution is 2.22. The van der Waals surface area contributed by atoms with Gasteiger partial charge in [0.05, 0.1) is 11.4 Å². The van der Waals surface area contributed by atoms with Crippen LogP contribution in [0.3, 0.4) is 0 Å². The molecule has 94 valence electrons. The monoisotopic (exact) mass is 261 g/mol. The van der Waals surface area contributed by atoms with Crippen LogP contribution in [0.15, 0.2) is 30.3 Å². The second-order valence-corrected chi connectivity index (χ2v) is 5.40. The maximum absolute atomic E-state index is 11.0. The molecule has 0 aliphatic rings. The number of benzene rings is 1. The van der Waals surface area contributed by atoms with E-state index in [0.717, 1.165) is 12.2 Å². The third kappa shape index (κ3) is 2.81. The van der Waals surface area contributed by atoms with E-state index in [1.165, 1.54) is 9.75 Å². The van der Waals surface area contributed by atoms with Gasteiger partial charge in [0.2, 0.25) is 5.91 Å². The predicted octanol–water partition coefficient (Wildman–Crippen LogP) is 2.35. The summed E-state index contributed by atoms with van der Waals surface area (Å²) in [4.78, 5) is 13.5. The molecule has 0 fully saturated rings. The highest BCUT2D eigenvalue weighted by atomic mass is 32.1. The highest BCUT2D eigenvalue weighted by Gasteiger charge is 2.05. The number of carbonyl (C=O) groups is 1. The molecule has 5 N–H and O–H groups in total. The van der Waals surface area contributed by atoms with Crippen molar-refractivity contribution < 1.29 is 4.79 Å². The van der Waals surface area contributed by atoms with Gasteiger partial charge in [0.1, 0.15) is 0 Å². The van der Waals surface area contributed by atoms with Gasteiger partial charge in [0.15, 0.2) is 0 Å². The van der Waals surface area contributed by atoms with E-state index in [4.69, 9.17) is 11.5 Å². The molecule has 0 saturated carbocycles. The van der Waals surface area contributed by atoms with Crippen molar-refractivity contribution in [3.8, 4) is 0 Å². The lowest BCUT2D eigenvalue weighted by atomic mass is 10.1. The van der Waals surface area contributed by atoms with Gasteiger partial charge < -0.3 is 16.8 Å². The standard InChI is InChI=1S/C13H15N3OS/c1-8-2-4-10(18-8)7-16-12-5-3-9(13(15)17)6-11(12)14/h2-6,16H,7,14H2,1H3,(H2,15,17). The number of hydrogen-bond donors (Lipinski definition) is 3. The van der Waals surface area contributed by atoms with Crippen molar-refractivity contribution in [2.24, 2.45) is 5.73 Å². The lowest BCUT2D eigenvalue weighted by Gasteiger charge is -2.09. The molecule has 1 heterocycles. The van der Waals surface area contributed by atoms with E-state index in [-0.39, 0.29) is 0 Å². The fourth-order valence-electron chi connectivity index (χ4n) is 1.64. The molecule has 5 heteroatoms. The van der Waals surface area contributed by atoms with Gasteiger partial charge in [-0.2, -0.15) is 0 Å². The SMILES string of the molecule is Cc1ccc(CNc2ccc(C(N)=O)cc2N)s1. The Morgan fingerprint density at radius 2 is 2.11 bits per heavy atom. The van der Waals surface area contributed by atoms with Gasteiger partial charge in [0, 0.05) is 21.9 Å². The fraction of sp³-hybridized carbons (Fsp3) is 0.154. The molecule has 0 unspecified atom stereocenters. The molecule has 0 aliphatic carbocycles. The van der Waals surface area contributed by atoms with Gasteiger partial charge in [0.25, 0.3) is 0 Å². The Morgan fingerprint density at radius 3 is 2.67 bits per heavy atom. The number of aryl methyl sites for hydroxylation is 1. The van der Waals surface area contributed by atoms with Crippen molar-refractivity contribution >= 4 is 28.6 Å². The molecule has 0 bridgehead atoms. The molecule has 18 heavy (non-hydrogen) atoms. The molecule has 2 aromatic rings. The summed E-state index contributed by atoms with van der Waals surface area (Å²) in [5.41, 5.74) is 12.8. The second-order valence-electron chi connectivity index (χ2n) is 4.03. The first-order valence-electron chi connectivity index (χ1n) is 5.55. The lowest BCUT2D eigenvalue weighted by molar-refractivity contribution is 0.100. The molecule has 0 radical (unpaired) electrons. The van der Waals surface area contributed by atoms with Crippen LogP contribution in [0.2, 0.25) is 0 Å². The molecular formula is C13H15N3OS. The maximum atomic E-state index is 11.0. The zero-order chi connectivity index (χ0) is 13.1. The number of anilines is 2. The summed E-state index contributed by atoms with van der Waals surface area (Å²) in [5.74, 6) is -0.470. The van der Waals surface area contributed by atoms with Crippen molar-refractivity contribution in [2.45, 2.75) is 13.5 Å². The Labute approximate surface area is 110 Å². The number of amides is 1.